The SMILES string of the molecule is CC1(C(=O)N2Cc3ccc(C(=O)NO)cc3OC[C@@H]2c2cccc(F)c2)CCOCC1. The van der Waals surface area contributed by atoms with Crippen LogP contribution in [0.15, 0.2) is 42.5 Å². The molecule has 0 aliphatic carbocycles. The first-order valence-corrected chi connectivity index (χ1v) is 10.3. The number of rotatable bonds is 3. The second-order valence-electron chi connectivity index (χ2n) is 8.25. The molecule has 0 unspecified atom stereocenters. The highest BCUT2D eigenvalue weighted by molar-refractivity contribution is 5.94. The van der Waals surface area contributed by atoms with E-state index in [2.05, 4.69) is 0 Å². The van der Waals surface area contributed by atoms with Gasteiger partial charge in [-0.3, -0.25) is 14.8 Å². The van der Waals surface area contributed by atoms with Gasteiger partial charge < -0.3 is 14.4 Å². The summed E-state index contributed by atoms with van der Waals surface area (Å²) < 4.78 is 25.4. The first-order chi connectivity index (χ1) is 14.9. The third kappa shape index (κ3) is 4.26. The van der Waals surface area contributed by atoms with Gasteiger partial charge in [-0.2, -0.15) is 0 Å². The van der Waals surface area contributed by atoms with Crippen molar-refractivity contribution in [2.75, 3.05) is 19.8 Å². The summed E-state index contributed by atoms with van der Waals surface area (Å²) in [5.74, 6) is -0.612. The Kier molecular flexibility index (Phi) is 5.93. The van der Waals surface area contributed by atoms with Gasteiger partial charge in [-0.15, -0.1) is 0 Å². The van der Waals surface area contributed by atoms with Crippen LogP contribution < -0.4 is 10.2 Å². The van der Waals surface area contributed by atoms with E-state index >= 15 is 0 Å². The number of fused-ring (bicyclic) bond motifs is 1. The Morgan fingerprint density at radius 3 is 2.68 bits per heavy atom. The minimum atomic E-state index is -0.653. The Bertz CT molecular complexity index is 990. The fourth-order valence-corrected chi connectivity index (χ4v) is 4.16. The van der Waals surface area contributed by atoms with Crippen molar-refractivity contribution in [2.45, 2.75) is 32.4 Å². The number of amides is 2. The molecule has 8 heteroatoms. The molecule has 7 nitrogen and oxygen atoms in total. The third-order valence-electron chi connectivity index (χ3n) is 6.15. The number of ether oxygens (including phenoxy) is 2. The van der Waals surface area contributed by atoms with Crippen LogP contribution in [-0.2, 0) is 16.1 Å². The van der Waals surface area contributed by atoms with Gasteiger partial charge >= 0.3 is 0 Å². The summed E-state index contributed by atoms with van der Waals surface area (Å²) in [6, 6.07) is 10.5. The van der Waals surface area contributed by atoms with Gasteiger partial charge in [0.25, 0.3) is 5.91 Å². The van der Waals surface area contributed by atoms with Crippen molar-refractivity contribution in [3.63, 3.8) is 0 Å². The number of benzene rings is 2. The Morgan fingerprint density at radius 2 is 1.97 bits per heavy atom. The maximum Gasteiger partial charge on any atom is 0.274 e. The average molecular weight is 428 g/mol. The molecular weight excluding hydrogens is 403 g/mol. The summed E-state index contributed by atoms with van der Waals surface area (Å²) in [5.41, 5.74) is 2.64. The van der Waals surface area contributed by atoms with Crippen molar-refractivity contribution in [3.05, 3.63) is 65.0 Å². The molecular formula is C23H25FN2O5. The molecule has 2 aromatic rings. The summed E-state index contributed by atoms with van der Waals surface area (Å²) in [4.78, 5) is 27.3. The van der Waals surface area contributed by atoms with Crippen LogP contribution in [0.25, 0.3) is 0 Å². The highest BCUT2D eigenvalue weighted by atomic mass is 19.1. The molecule has 1 saturated heterocycles. The number of carbonyl (C=O) groups is 2. The largest absolute Gasteiger partial charge is 0.491 e. The zero-order valence-electron chi connectivity index (χ0n) is 17.3. The number of hydrogen-bond acceptors (Lipinski definition) is 5. The minimum absolute atomic E-state index is 0.0290. The lowest BCUT2D eigenvalue weighted by molar-refractivity contribution is -0.150. The minimum Gasteiger partial charge on any atom is -0.491 e. The Labute approximate surface area is 179 Å². The van der Waals surface area contributed by atoms with E-state index in [-0.39, 0.29) is 30.4 Å². The maximum absolute atomic E-state index is 14.0. The first kappa shape index (κ1) is 21.3. The number of hydroxylamine groups is 1. The standard InChI is InChI=1S/C23H25FN2O5/c1-23(7-9-30-10-8-23)22(28)26-13-17-6-5-16(21(27)25-29)12-20(17)31-14-19(26)15-3-2-4-18(24)11-15/h2-6,11-12,19,29H,7-10,13-14H2,1H3,(H,25,27)/t19-/m1/s1. The molecule has 31 heavy (non-hydrogen) atoms. The molecule has 1 fully saturated rings. The fraction of sp³-hybridized carbons (Fsp3) is 0.391. The predicted octanol–water partition coefficient (Wildman–Crippen LogP) is 3.22. The van der Waals surface area contributed by atoms with Crippen molar-refractivity contribution in [1.82, 2.24) is 10.4 Å². The molecule has 2 N–H and O–H groups in total. The fourth-order valence-electron chi connectivity index (χ4n) is 4.16. The molecule has 0 aromatic heterocycles. The van der Waals surface area contributed by atoms with Crippen LogP contribution in [0, 0.1) is 11.2 Å². The maximum atomic E-state index is 14.0. The zero-order valence-corrected chi connectivity index (χ0v) is 17.3. The van der Waals surface area contributed by atoms with Gasteiger partial charge in [0.05, 0.1) is 18.0 Å². The molecule has 2 heterocycles. The Hall–Kier alpha value is -2.97. The molecule has 2 aromatic carbocycles. The van der Waals surface area contributed by atoms with Crippen LogP contribution >= 0.6 is 0 Å². The van der Waals surface area contributed by atoms with Gasteiger partial charge in [0.2, 0.25) is 5.91 Å². The molecule has 2 aliphatic rings. The molecule has 1 atom stereocenters. The second kappa shape index (κ2) is 8.64. The lowest BCUT2D eigenvalue weighted by Crippen LogP contribution is -2.47. The van der Waals surface area contributed by atoms with Gasteiger partial charge in [-0.05, 0) is 42.7 Å². The van der Waals surface area contributed by atoms with Crippen LogP contribution in [0.2, 0.25) is 0 Å². The topological polar surface area (TPSA) is 88.1 Å². The quantitative estimate of drug-likeness (QED) is 0.579. The van der Waals surface area contributed by atoms with Gasteiger partial charge in [-0.1, -0.05) is 25.1 Å². The van der Waals surface area contributed by atoms with Gasteiger partial charge in [0.1, 0.15) is 18.2 Å². The highest BCUT2D eigenvalue weighted by Crippen LogP contribution is 2.39. The molecule has 2 amide bonds. The van der Waals surface area contributed by atoms with Crippen molar-refractivity contribution in [3.8, 4) is 5.75 Å². The van der Waals surface area contributed by atoms with E-state index < -0.39 is 17.4 Å². The Balaban J connectivity index is 1.73. The van der Waals surface area contributed by atoms with Crippen LogP contribution in [0.4, 0.5) is 4.39 Å². The number of halogens is 1. The molecule has 0 bridgehead atoms. The molecule has 164 valence electrons. The predicted molar refractivity (Wildman–Crippen MR) is 109 cm³/mol. The van der Waals surface area contributed by atoms with Crippen LogP contribution in [0.3, 0.4) is 0 Å². The second-order valence-corrected chi connectivity index (χ2v) is 8.25. The summed E-state index contributed by atoms with van der Waals surface area (Å²) in [5, 5.41) is 8.91. The highest BCUT2D eigenvalue weighted by Gasteiger charge is 2.42. The van der Waals surface area contributed by atoms with Crippen molar-refractivity contribution in [2.24, 2.45) is 5.41 Å². The van der Waals surface area contributed by atoms with Gasteiger partial charge in [-0.25, -0.2) is 9.87 Å². The third-order valence-corrected chi connectivity index (χ3v) is 6.15. The molecule has 4 rings (SSSR count). The lowest BCUT2D eigenvalue weighted by Gasteiger charge is -2.39. The molecule has 0 radical (unpaired) electrons. The zero-order chi connectivity index (χ0) is 22.0. The van der Waals surface area contributed by atoms with Crippen LogP contribution in [0.5, 0.6) is 5.75 Å². The van der Waals surface area contributed by atoms with Crippen LogP contribution in [0.1, 0.15) is 47.3 Å². The van der Waals surface area contributed by atoms with Gasteiger partial charge in [0.15, 0.2) is 0 Å². The average Bonchev–Trinajstić information content (AvgIpc) is 2.97. The van der Waals surface area contributed by atoms with E-state index in [1.807, 2.05) is 6.92 Å². The summed E-state index contributed by atoms with van der Waals surface area (Å²) in [6.45, 7) is 3.36. The van der Waals surface area contributed by atoms with E-state index in [0.29, 0.717) is 37.4 Å². The van der Waals surface area contributed by atoms with Crippen LogP contribution in [-0.4, -0.2) is 41.7 Å². The van der Waals surface area contributed by atoms with E-state index in [0.717, 1.165) is 5.56 Å². The van der Waals surface area contributed by atoms with Crippen molar-refractivity contribution >= 4 is 11.8 Å². The van der Waals surface area contributed by atoms with Crippen molar-refractivity contribution < 1.29 is 28.7 Å². The summed E-state index contributed by atoms with van der Waals surface area (Å²) in [6.07, 6.45) is 1.23. The first-order valence-electron chi connectivity index (χ1n) is 10.3. The molecule has 0 saturated carbocycles. The molecule has 0 spiro atoms. The smallest absolute Gasteiger partial charge is 0.274 e. The van der Waals surface area contributed by atoms with E-state index in [1.54, 1.807) is 34.6 Å². The molecule has 2 aliphatic heterocycles. The normalized spacial score (nSPS) is 20.2. The monoisotopic (exact) mass is 428 g/mol. The van der Waals surface area contributed by atoms with E-state index in [9.17, 15) is 14.0 Å². The number of hydrogen-bond donors (Lipinski definition) is 2. The summed E-state index contributed by atoms with van der Waals surface area (Å²) in [7, 11) is 0. The summed E-state index contributed by atoms with van der Waals surface area (Å²) >= 11 is 0. The Morgan fingerprint density at radius 1 is 1.19 bits per heavy atom. The van der Waals surface area contributed by atoms with Gasteiger partial charge in [0, 0.05) is 24.3 Å². The van der Waals surface area contributed by atoms with E-state index in [4.69, 9.17) is 14.7 Å². The number of carbonyl (C=O) groups excluding carboxylic acids is 2. The lowest BCUT2D eigenvalue weighted by atomic mass is 9.80. The van der Waals surface area contributed by atoms with E-state index in [1.165, 1.54) is 18.2 Å². The number of nitrogens with one attached hydrogen (secondary N) is 1. The number of nitrogens with zero attached hydrogens (tertiary/aromatic N) is 1. The van der Waals surface area contributed by atoms with Crippen molar-refractivity contribution in [1.29, 1.82) is 0 Å².